The summed E-state index contributed by atoms with van der Waals surface area (Å²) in [5, 5.41) is 15.5. The molecule has 1 amide bonds. The van der Waals surface area contributed by atoms with Gasteiger partial charge >= 0.3 is 6.18 Å². The highest BCUT2D eigenvalue weighted by Gasteiger charge is 2.32. The lowest BCUT2D eigenvalue weighted by Crippen LogP contribution is -2.46. The molecule has 1 saturated heterocycles. The first-order chi connectivity index (χ1) is 18.2. The minimum atomic E-state index is -4.47. The minimum absolute atomic E-state index is 0.0890. The van der Waals surface area contributed by atoms with Crippen LogP contribution in [0.5, 0.6) is 0 Å². The summed E-state index contributed by atoms with van der Waals surface area (Å²) in [6.07, 6.45) is -4.99. The van der Waals surface area contributed by atoms with E-state index >= 15 is 0 Å². The van der Waals surface area contributed by atoms with E-state index in [1.807, 2.05) is 11.9 Å². The van der Waals surface area contributed by atoms with Gasteiger partial charge < -0.3 is 20.1 Å². The largest absolute Gasteiger partial charge is 0.406 e. The van der Waals surface area contributed by atoms with E-state index in [0.29, 0.717) is 45.1 Å². The SMILES string of the molecule is CN1CC[C@H](Nc2cccc3c2cc(-c2nnc(CNC(=O)c4ccccc4)s2)n3CC(F)(F)F)[C@H](F)C1. The lowest BCUT2D eigenvalue weighted by molar-refractivity contribution is -0.139. The smallest absolute Gasteiger partial charge is 0.379 e. The van der Waals surface area contributed by atoms with E-state index in [-0.39, 0.29) is 18.1 Å². The van der Waals surface area contributed by atoms with Crippen molar-refractivity contribution >= 4 is 33.8 Å². The highest BCUT2D eigenvalue weighted by molar-refractivity contribution is 7.14. The Kier molecular flexibility index (Phi) is 7.35. The summed E-state index contributed by atoms with van der Waals surface area (Å²) >= 11 is 1.11. The number of rotatable bonds is 7. The van der Waals surface area contributed by atoms with E-state index < -0.39 is 24.9 Å². The predicted molar refractivity (Wildman–Crippen MR) is 139 cm³/mol. The molecule has 1 aliphatic rings. The summed E-state index contributed by atoms with van der Waals surface area (Å²) in [6.45, 7) is -0.105. The molecule has 12 heteroatoms. The molecular formula is C26H26F4N6OS. The number of likely N-dealkylation sites (tertiary alicyclic amines) is 1. The fourth-order valence-corrected chi connectivity index (χ4v) is 5.44. The Morgan fingerprint density at radius 3 is 2.66 bits per heavy atom. The number of amides is 1. The van der Waals surface area contributed by atoms with Crippen LogP contribution in [0.3, 0.4) is 0 Å². The normalized spacial score (nSPS) is 18.6. The summed E-state index contributed by atoms with van der Waals surface area (Å²) in [7, 11) is 1.86. The molecule has 2 aromatic heterocycles. The van der Waals surface area contributed by atoms with Crippen molar-refractivity contribution in [2.24, 2.45) is 0 Å². The molecule has 0 spiro atoms. The highest BCUT2D eigenvalue weighted by Crippen LogP contribution is 2.36. The van der Waals surface area contributed by atoms with E-state index in [0.717, 1.165) is 22.4 Å². The maximum absolute atomic E-state index is 14.7. The molecule has 2 atom stereocenters. The van der Waals surface area contributed by atoms with Crippen LogP contribution >= 0.6 is 11.3 Å². The highest BCUT2D eigenvalue weighted by atomic mass is 32.1. The lowest BCUT2D eigenvalue weighted by atomic mass is 10.0. The fraction of sp³-hybridized carbons (Fsp3) is 0.346. The van der Waals surface area contributed by atoms with E-state index in [1.54, 1.807) is 54.6 Å². The average Bonchev–Trinajstić information content (AvgIpc) is 3.49. The molecule has 3 heterocycles. The third-order valence-electron chi connectivity index (χ3n) is 6.49. The third-order valence-corrected chi connectivity index (χ3v) is 7.44. The molecule has 4 aromatic rings. The van der Waals surface area contributed by atoms with Crippen LogP contribution in [0.1, 0.15) is 21.8 Å². The number of piperidine rings is 1. The molecule has 0 unspecified atom stereocenters. The molecular weight excluding hydrogens is 520 g/mol. The van der Waals surface area contributed by atoms with Gasteiger partial charge in [-0.05, 0) is 43.8 Å². The second-order valence-corrected chi connectivity index (χ2v) is 10.4. The number of fused-ring (bicyclic) bond motifs is 1. The van der Waals surface area contributed by atoms with Crippen LogP contribution < -0.4 is 10.6 Å². The molecule has 0 aliphatic carbocycles. The number of carbonyl (C=O) groups excluding carboxylic acids is 1. The second-order valence-electron chi connectivity index (χ2n) is 9.34. The Labute approximate surface area is 220 Å². The number of halogens is 4. The molecule has 2 aromatic carbocycles. The van der Waals surface area contributed by atoms with Crippen molar-refractivity contribution in [2.45, 2.75) is 37.9 Å². The first-order valence-corrected chi connectivity index (χ1v) is 12.9. The van der Waals surface area contributed by atoms with E-state index in [2.05, 4.69) is 20.8 Å². The van der Waals surface area contributed by atoms with Gasteiger partial charge in [-0.1, -0.05) is 35.6 Å². The van der Waals surface area contributed by atoms with Crippen LogP contribution in [0.2, 0.25) is 0 Å². The van der Waals surface area contributed by atoms with Gasteiger partial charge in [-0.2, -0.15) is 13.2 Å². The zero-order valence-corrected chi connectivity index (χ0v) is 21.3. The quantitative estimate of drug-likeness (QED) is 0.316. The minimum Gasteiger partial charge on any atom is -0.379 e. The molecule has 0 bridgehead atoms. The van der Waals surface area contributed by atoms with Crippen molar-refractivity contribution in [2.75, 3.05) is 25.5 Å². The molecule has 0 saturated carbocycles. The van der Waals surface area contributed by atoms with Gasteiger partial charge in [-0.15, -0.1) is 10.2 Å². The number of alkyl halides is 4. The maximum Gasteiger partial charge on any atom is 0.406 e. The average molecular weight is 547 g/mol. The summed E-state index contributed by atoms with van der Waals surface area (Å²) < 4.78 is 56.7. The Bertz CT molecular complexity index is 1420. The summed E-state index contributed by atoms with van der Waals surface area (Å²) in [5.41, 5.74) is 1.68. The molecule has 5 rings (SSSR count). The molecule has 1 aliphatic heterocycles. The van der Waals surface area contributed by atoms with Crippen molar-refractivity contribution in [3.63, 3.8) is 0 Å². The van der Waals surface area contributed by atoms with Gasteiger partial charge in [0.25, 0.3) is 5.91 Å². The number of aromatic nitrogens is 3. The molecule has 7 nitrogen and oxygen atoms in total. The first-order valence-electron chi connectivity index (χ1n) is 12.1. The van der Waals surface area contributed by atoms with Crippen LogP contribution in [0.25, 0.3) is 21.6 Å². The Morgan fingerprint density at radius 2 is 1.92 bits per heavy atom. The summed E-state index contributed by atoms with van der Waals surface area (Å²) in [4.78, 5) is 14.3. The maximum atomic E-state index is 14.7. The number of benzene rings is 2. The van der Waals surface area contributed by atoms with Crippen molar-refractivity contribution in [3.05, 3.63) is 65.2 Å². The number of nitrogens with zero attached hydrogens (tertiary/aromatic N) is 4. The zero-order valence-electron chi connectivity index (χ0n) is 20.5. The van der Waals surface area contributed by atoms with Gasteiger partial charge in [0, 0.05) is 29.7 Å². The molecule has 2 N–H and O–H groups in total. The molecule has 1 fully saturated rings. The predicted octanol–water partition coefficient (Wildman–Crippen LogP) is 5.11. The Morgan fingerprint density at radius 1 is 1.13 bits per heavy atom. The van der Waals surface area contributed by atoms with Gasteiger partial charge in [-0.25, -0.2) is 4.39 Å². The molecule has 200 valence electrons. The number of carbonyl (C=O) groups is 1. The number of hydrogen-bond acceptors (Lipinski definition) is 6. The molecule has 38 heavy (non-hydrogen) atoms. The van der Waals surface area contributed by atoms with Crippen LogP contribution in [-0.4, -0.2) is 64.1 Å². The van der Waals surface area contributed by atoms with Crippen molar-refractivity contribution in [1.29, 1.82) is 0 Å². The van der Waals surface area contributed by atoms with Crippen LogP contribution in [0, 0.1) is 0 Å². The molecule has 0 radical (unpaired) electrons. The standard InChI is InChI=1S/C26H26F4N6OS/c1-35-11-10-20(18(27)14-35)32-19-8-5-9-21-17(19)12-22(36(21)15-26(28,29)30)25-34-33-23(38-25)13-31-24(37)16-6-3-2-4-7-16/h2-9,12,18,20,32H,10-11,13-15H2,1H3,(H,31,37)/t18-,20+/m1/s1. The second kappa shape index (κ2) is 10.7. The van der Waals surface area contributed by atoms with E-state index in [9.17, 15) is 22.4 Å². The number of hydrogen-bond donors (Lipinski definition) is 2. The Hall–Kier alpha value is -3.51. The number of anilines is 1. The monoisotopic (exact) mass is 546 g/mol. The van der Waals surface area contributed by atoms with E-state index in [1.165, 1.54) is 0 Å². The van der Waals surface area contributed by atoms with Gasteiger partial charge in [0.2, 0.25) is 0 Å². The lowest BCUT2D eigenvalue weighted by Gasteiger charge is -2.33. The van der Waals surface area contributed by atoms with Crippen LogP contribution in [-0.2, 0) is 13.1 Å². The van der Waals surface area contributed by atoms with Crippen molar-refractivity contribution in [1.82, 2.24) is 25.0 Å². The van der Waals surface area contributed by atoms with E-state index in [4.69, 9.17) is 0 Å². The van der Waals surface area contributed by atoms with Gasteiger partial charge in [0.15, 0.2) is 5.01 Å². The number of nitrogens with one attached hydrogen (secondary N) is 2. The van der Waals surface area contributed by atoms with Crippen LogP contribution in [0.15, 0.2) is 54.6 Å². The summed E-state index contributed by atoms with van der Waals surface area (Å²) in [5.74, 6) is -0.288. The summed E-state index contributed by atoms with van der Waals surface area (Å²) in [6, 6.07) is 14.9. The van der Waals surface area contributed by atoms with Gasteiger partial charge in [-0.3, -0.25) is 4.79 Å². The van der Waals surface area contributed by atoms with Crippen molar-refractivity contribution < 1.29 is 22.4 Å². The van der Waals surface area contributed by atoms with Gasteiger partial charge in [0.05, 0.1) is 23.8 Å². The van der Waals surface area contributed by atoms with Crippen molar-refractivity contribution in [3.8, 4) is 10.7 Å². The third kappa shape index (κ3) is 5.81. The zero-order chi connectivity index (χ0) is 26.9. The topological polar surface area (TPSA) is 75.1 Å². The fourth-order valence-electron chi connectivity index (χ4n) is 4.63. The van der Waals surface area contributed by atoms with Gasteiger partial charge in [0.1, 0.15) is 17.7 Å². The first kappa shape index (κ1) is 26.1. The van der Waals surface area contributed by atoms with Crippen LogP contribution in [0.4, 0.5) is 23.2 Å². The Balaban J connectivity index is 1.44.